The molecule has 0 amide bonds. The predicted molar refractivity (Wildman–Crippen MR) is 83.3 cm³/mol. The van der Waals surface area contributed by atoms with E-state index in [1.165, 1.54) is 0 Å². The summed E-state index contributed by atoms with van der Waals surface area (Å²) in [5.74, 6) is -1.03. The van der Waals surface area contributed by atoms with Crippen molar-refractivity contribution in [2.75, 3.05) is 19.8 Å². The Morgan fingerprint density at radius 1 is 1.41 bits per heavy atom. The number of unbranched alkanes of at least 4 members (excludes halogenated alkanes) is 2. The van der Waals surface area contributed by atoms with Gasteiger partial charge >= 0.3 is 11.9 Å². The van der Waals surface area contributed by atoms with Gasteiger partial charge in [0, 0.05) is 13.0 Å². The Kier molecular flexibility index (Phi) is 7.59. The predicted octanol–water partition coefficient (Wildman–Crippen LogP) is 3.02. The van der Waals surface area contributed by atoms with Crippen LogP contribution in [0.2, 0.25) is 0 Å². The third-order valence-corrected chi connectivity index (χ3v) is 3.71. The minimum atomic E-state index is -1.25. The number of hydrogen-bond acceptors (Lipinski definition) is 5. The highest BCUT2D eigenvalue weighted by atomic mass is 16.6. The minimum absolute atomic E-state index is 0.238. The molecule has 0 spiro atoms. The molecule has 2 unspecified atom stereocenters. The molecule has 1 fully saturated rings. The van der Waals surface area contributed by atoms with E-state index in [2.05, 4.69) is 13.5 Å². The van der Waals surface area contributed by atoms with Gasteiger partial charge in [-0.05, 0) is 26.7 Å². The summed E-state index contributed by atoms with van der Waals surface area (Å²) in [6, 6.07) is 0. The number of esters is 2. The largest absolute Gasteiger partial charge is 0.465 e. The molecule has 5 heteroatoms. The van der Waals surface area contributed by atoms with Crippen LogP contribution in [-0.2, 0) is 23.8 Å². The van der Waals surface area contributed by atoms with Gasteiger partial charge in [-0.1, -0.05) is 25.3 Å². The maximum Gasteiger partial charge on any atom is 0.324 e. The summed E-state index contributed by atoms with van der Waals surface area (Å²) in [5.41, 5.74) is -0.492. The Bertz CT molecular complexity index is 404. The zero-order valence-corrected chi connectivity index (χ0v) is 14.0. The summed E-state index contributed by atoms with van der Waals surface area (Å²) in [6.07, 6.45) is 3.41. The highest BCUT2D eigenvalue weighted by molar-refractivity contribution is 6.01. The van der Waals surface area contributed by atoms with Crippen molar-refractivity contribution in [2.24, 2.45) is 5.41 Å². The number of rotatable bonds is 10. The Balaban J connectivity index is 2.64. The first-order valence-corrected chi connectivity index (χ1v) is 8.06. The first-order chi connectivity index (χ1) is 10.5. The van der Waals surface area contributed by atoms with Crippen molar-refractivity contribution in [3.8, 4) is 0 Å². The molecule has 0 saturated carbocycles. The van der Waals surface area contributed by atoms with Crippen LogP contribution in [-0.4, -0.2) is 37.9 Å². The summed E-state index contributed by atoms with van der Waals surface area (Å²) >= 11 is 0. The van der Waals surface area contributed by atoms with Gasteiger partial charge in [0.2, 0.25) is 0 Å². The first-order valence-electron chi connectivity index (χ1n) is 8.06. The van der Waals surface area contributed by atoms with Crippen LogP contribution in [0.25, 0.3) is 0 Å². The molecule has 0 bridgehead atoms. The fraction of sp³-hybridized carbons (Fsp3) is 0.765. The van der Waals surface area contributed by atoms with Crippen molar-refractivity contribution in [2.45, 2.75) is 59.0 Å². The first kappa shape index (κ1) is 18.7. The van der Waals surface area contributed by atoms with Crippen LogP contribution in [0.3, 0.4) is 0 Å². The second-order valence-corrected chi connectivity index (χ2v) is 5.95. The van der Waals surface area contributed by atoms with Gasteiger partial charge in [-0.3, -0.25) is 9.59 Å². The van der Waals surface area contributed by atoms with E-state index in [0.717, 1.165) is 24.8 Å². The highest BCUT2D eigenvalue weighted by Crippen LogP contribution is 2.40. The van der Waals surface area contributed by atoms with E-state index < -0.39 is 23.5 Å². The lowest BCUT2D eigenvalue weighted by Crippen LogP contribution is -2.37. The molecule has 1 rings (SSSR count). The molecule has 0 aromatic rings. The number of allylic oxidation sites excluding steroid dienone is 1. The van der Waals surface area contributed by atoms with Crippen LogP contribution in [0, 0.1) is 5.41 Å². The van der Waals surface area contributed by atoms with E-state index in [4.69, 9.17) is 14.2 Å². The number of carbonyl (C=O) groups is 2. The lowest BCUT2D eigenvalue weighted by molar-refractivity contribution is -0.165. The third kappa shape index (κ3) is 4.83. The highest BCUT2D eigenvalue weighted by Gasteiger charge is 2.55. The molecule has 1 saturated heterocycles. The quantitative estimate of drug-likeness (QED) is 0.268. The molecule has 1 aliphatic rings. The standard InChI is InChI=1S/C17H28O5/c1-5-7-8-9-20-12-14-11-17(10-13(3)4,16(19)22-14)15(18)21-6-2/h14H,3,5-12H2,1-2,4H3. The average Bonchev–Trinajstić information content (AvgIpc) is 2.75. The number of carbonyl (C=O) groups excluding carboxylic acids is 2. The summed E-state index contributed by atoms with van der Waals surface area (Å²) in [6.45, 7) is 10.7. The normalized spacial score (nSPS) is 24.1. The maximum absolute atomic E-state index is 12.3. The second-order valence-electron chi connectivity index (χ2n) is 5.95. The molecular weight excluding hydrogens is 284 g/mol. The van der Waals surface area contributed by atoms with Gasteiger partial charge in [0.1, 0.15) is 6.10 Å². The molecule has 0 radical (unpaired) electrons. The average molecular weight is 312 g/mol. The molecule has 2 atom stereocenters. The zero-order valence-electron chi connectivity index (χ0n) is 14.0. The van der Waals surface area contributed by atoms with Crippen LogP contribution in [0.5, 0.6) is 0 Å². The van der Waals surface area contributed by atoms with Gasteiger partial charge in [0.15, 0.2) is 5.41 Å². The van der Waals surface area contributed by atoms with E-state index in [0.29, 0.717) is 19.6 Å². The summed E-state index contributed by atoms with van der Waals surface area (Å²) in [5, 5.41) is 0. The molecule has 0 N–H and O–H groups in total. The molecular formula is C17H28O5. The van der Waals surface area contributed by atoms with Crippen molar-refractivity contribution in [1.82, 2.24) is 0 Å². The lowest BCUT2D eigenvalue weighted by Gasteiger charge is -2.22. The smallest absolute Gasteiger partial charge is 0.324 e. The summed E-state index contributed by atoms with van der Waals surface area (Å²) < 4.78 is 16.0. The summed E-state index contributed by atoms with van der Waals surface area (Å²) in [7, 11) is 0. The molecule has 0 aliphatic carbocycles. The van der Waals surface area contributed by atoms with Crippen molar-refractivity contribution < 1.29 is 23.8 Å². The van der Waals surface area contributed by atoms with Gasteiger partial charge in [-0.15, -0.1) is 6.58 Å². The summed E-state index contributed by atoms with van der Waals surface area (Å²) in [4.78, 5) is 24.5. The van der Waals surface area contributed by atoms with E-state index in [-0.39, 0.29) is 13.0 Å². The zero-order chi connectivity index (χ0) is 16.6. The van der Waals surface area contributed by atoms with E-state index in [1.54, 1.807) is 13.8 Å². The molecule has 5 nitrogen and oxygen atoms in total. The number of hydrogen-bond donors (Lipinski definition) is 0. The van der Waals surface area contributed by atoms with Crippen molar-refractivity contribution >= 4 is 11.9 Å². The van der Waals surface area contributed by atoms with Crippen LogP contribution < -0.4 is 0 Å². The fourth-order valence-corrected chi connectivity index (χ4v) is 2.71. The molecule has 1 aliphatic heterocycles. The molecule has 22 heavy (non-hydrogen) atoms. The van der Waals surface area contributed by atoms with Gasteiger partial charge < -0.3 is 14.2 Å². The van der Waals surface area contributed by atoms with Crippen LogP contribution in [0.4, 0.5) is 0 Å². The monoisotopic (exact) mass is 312 g/mol. The number of ether oxygens (including phenoxy) is 3. The topological polar surface area (TPSA) is 61.8 Å². The SMILES string of the molecule is C=C(C)CC1(C(=O)OCC)CC(COCCCCC)OC1=O. The third-order valence-electron chi connectivity index (χ3n) is 3.71. The van der Waals surface area contributed by atoms with Crippen LogP contribution in [0.15, 0.2) is 12.2 Å². The van der Waals surface area contributed by atoms with E-state index >= 15 is 0 Å². The van der Waals surface area contributed by atoms with Gasteiger partial charge in [-0.25, -0.2) is 0 Å². The Hall–Kier alpha value is -1.36. The molecule has 0 aromatic carbocycles. The molecule has 0 aromatic heterocycles. The van der Waals surface area contributed by atoms with Gasteiger partial charge in [0.25, 0.3) is 0 Å². The van der Waals surface area contributed by atoms with Crippen molar-refractivity contribution in [1.29, 1.82) is 0 Å². The number of cyclic esters (lactones) is 1. The molecule has 1 heterocycles. The van der Waals surface area contributed by atoms with Crippen LogP contribution >= 0.6 is 0 Å². The Morgan fingerprint density at radius 2 is 2.14 bits per heavy atom. The van der Waals surface area contributed by atoms with Gasteiger partial charge in [0.05, 0.1) is 13.2 Å². The molecule has 126 valence electrons. The second kappa shape index (κ2) is 8.93. The Morgan fingerprint density at radius 3 is 2.73 bits per heavy atom. The maximum atomic E-state index is 12.3. The minimum Gasteiger partial charge on any atom is -0.465 e. The van der Waals surface area contributed by atoms with Crippen molar-refractivity contribution in [3.05, 3.63) is 12.2 Å². The van der Waals surface area contributed by atoms with Crippen molar-refractivity contribution in [3.63, 3.8) is 0 Å². The Labute approximate surface area is 133 Å². The van der Waals surface area contributed by atoms with Gasteiger partial charge in [-0.2, -0.15) is 0 Å². The lowest BCUT2D eigenvalue weighted by atomic mass is 9.79. The fourth-order valence-electron chi connectivity index (χ4n) is 2.71. The van der Waals surface area contributed by atoms with E-state index in [9.17, 15) is 9.59 Å². The van der Waals surface area contributed by atoms with E-state index in [1.807, 2.05) is 0 Å². The van der Waals surface area contributed by atoms with Crippen LogP contribution in [0.1, 0.15) is 52.9 Å².